The van der Waals surface area contributed by atoms with E-state index >= 15 is 0 Å². The Labute approximate surface area is 122 Å². The molecule has 0 aliphatic carbocycles. The average molecular weight is 294 g/mol. The zero-order valence-electron chi connectivity index (χ0n) is 11.8. The second-order valence-electron chi connectivity index (χ2n) is 4.34. The van der Waals surface area contributed by atoms with Crippen molar-refractivity contribution in [2.45, 2.75) is 19.8 Å². The molecule has 1 aromatic rings. The minimum absolute atomic E-state index is 0.121. The van der Waals surface area contributed by atoms with E-state index in [1.54, 1.807) is 5.32 Å². The SMILES string of the molecule is Cc1cccc(OCCCC(=O)OCC(=O)NC(N)=O)c1. The standard InChI is InChI=1S/C14H18N2O5/c1-10-4-2-5-11(8-10)20-7-3-6-13(18)21-9-12(17)16-14(15)19/h2,4-5,8H,3,6-7,9H2,1H3,(H3,15,16,17,19). The van der Waals surface area contributed by atoms with Crippen LogP contribution in [0.3, 0.4) is 0 Å². The monoisotopic (exact) mass is 294 g/mol. The lowest BCUT2D eigenvalue weighted by molar-refractivity contribution is -0.148. The fraction of sp³-hybridized carbons (Fsp3) is 0.357. The summed E-state index contributed by atoms with van der Waals surface area (Å²) in [5.74, 6) is -0.557. The van der Waals surface area contributed by atoms with Crippen molar-refractivity contribution < 1.29 is 23.9 Å². The maximum Gasteiger partial charge on any atom is 0.318 e. The van der Waals surface area contributed by atoms with Gasteiger partial charge in [0.2, 0.25) is 0 Å². The molecule has 3 amide bonds. The molecule has 7 heteroatoms. The fourth-order valence-corrected chi connectivity index (χ4v) is 1.50. The lowest BCUT2D eigenvalue weighted by Crippen LogP contribution is -2.37. The van der Waals surface area contributed by atoms with Gasteiger partial charge in [-0.3, -0.25) is 14.9 Å². The Morgan fingerprint density at radius 2 is 2.05 bits per heavy atom. The second-order valence-corrected chi connectivity index (χ2v) is 4.34. The molecule has 0 radical (unpaired) electrons. The molecule has 3 N–H and O–H groups in total. The van der Waals surface area contributed by atoms with E-state index in [-0.39, 0.29) is 6.42 Å². The largest absolute Gasteiger partial charge is 0.494 e. The summed E-state index contributed by atoms with van der Waals surface area (Å²) in [6.45, 7) is 1.80. The van der Waals surface area contributed by atoms with Gasteiger partial charge in [0, 0.05) is 6.42 Å². The molecule has 0 heterocycles. The summed E-state index contributed by atoms with van der Waals surface area (Å²) in [6, 6.07) is 6.59. The van der Waals surface area contributed by atoms with Crippen LogP contribution in [0.2, 0.25) is 0 Å². The molecule has 0 atom stereocenters. The molecule has 21 heavy (non-hydrogen) atoms. The molecular weight excluding hydrogens is 276 g/mol. The highest BCUT2D eigenvalue weighted by molar-refractivity contribution is 5.94. The summed E-state index contributed by atoms with van der Waals surface area (Å²) >= 11 is 0. The van der Waals surface area contributed by atoms with Gasteiger partial charge in [-0.05, 0) is 31.0 Å². The van der Waals surface area contributed by atoms with E-state index in [1.807, 2.05) is 31.2 Å². The molecule has 7 nitrogen and oxygen atoms in total. The van der Waals surface area contributed by atoms with Crippen LogP contribution in [0.25, 0.3) is 0 Å². The van der Waals surface area contributed by atoms with Crippen LogP contribution in [0, 0.1) is 6.92 Å². The maximum atomic E-state index is 11.3. The van der Waals surface area contributed by atoms with Gasteiger partial charge in [0.1, 0.15) is 5.75 Å². The van der Waals surface area contributed by atoms with Gasteiger partial charge in [-0.1, -0.05) is 12.1 Å². The molecule has 0 fully saturated rings. The number of hydrogen-bond acceptors (Lipinski definition) is 5. The number of nitrogens with two attached hydrogens (primary N) is 1. The number of rotatable bonds is 7. The van der Waals surface area contributed by atoms with Gasteiger partial charge < -0.3 is 15.2 Å². The molecule has 0 aliphatic rings. The number of esters is 1. The zero-order chi connectivity index (χ0) is 15.7. The molecule has 0 saturated heterocycles. The minimum atomic E-state index is -0.984. The fourth-order valence-electron chi connectivity index (χ4n) is 1.50. The van der Waals surface area contributed by atoms with Crippen molar-refractivity contribution >= 4 is 17.9 Å². The van der Waals surface area contributed by atoms with Gasteiger partial charge in [0.15, 0.2) is 6.61 Å². The van der Waals surface area contributed by atoms with Crippen LogP contribution < -0.4 is 15.8 Å². The Bertz CT molecular complexity index is 516. The second kappa shape index (κ2) is 8.57. The molecule has 0 aromatic heterocycles. The van der Waals surface area contributed by atoms with Crippen LogP contribution in [-0.2, 0) is 14.3 Å². The Balaban J connectivity index is 2.13. The third kappa shape index (κ3) is 7.56. The first-order valence-electron chi connectivity index (χ1n) is 6.42. The van der Waals surface area contributed by atoms with Crippen molar-refractivity contribution in [2.24, 2.45) is 5.73 Å². The van der Waals surface area contributed by atoms with E-state index in [9.17, 15) is 14.4 Å². The number of imide groups is 1. The van der Waals surface area contributed by atoms with E-state index < -0.39 is 24.5 Å². The molecule has 1 aromatic carbocycles. The minimum Gasteiger partial charge on any atom is -0.494 e. The van der Waals surface area contributed by atoms with E-state index in [0.717, 1.165) is 11.3 Å². The van der Waals surface area contributed by atoms with Crippen molar-refractivity contribution in [3.05, 3.63) is 29.8 Å². The van der Waals surface area contributed by atoms with Gasteiger partial charge in [-0.15, -0.1) is 0 Å². The number of nitrogens with one attached hydrogen (secondary N) is 1. The molecule has 1 rings (SSSR count). The van der Waals surface area contributed by atoms with Crippen LogP contribution in [0.1, 0.15) is 18.4 Å². The summed E-state index contributed by atoms with van der Waals surface area (Å²) in [5, 5.41) is 1.79. The number of primary amides is 1. The first kappa shape index (κ1) is 16.5. The highest BCUT2D eigenvalue weighted by atomic mass is 16.5. The lowest BCUT2D eigenvalue weighted by atomic mass is 10.2. The number of ether oxygens (including phenoxy) is 2. The number of carbonyl (C=O) groups is 3. The molecule has 0 spiro atoms. The number of amides is 3. The number of carbonyl (C=O) groups excluding carboxylic acids is 3. The third-order valence-corrected chi connectivity index (χ3v) is 2.41. The molecule has 0 aliphatic heterocycles. The predicted octanol–water partition coefficient (Wildman–Crippen LogP) is 0.892. The summed E-state index contributed by atoms with van der Waals surface area (Å²) in [4.78, 5) is 32.7. The van der Waals surface area contributed by atoms with Gasteiger partial charge in [0.25, 0.3) is 5.91 Å². The van der Waals surface area contributed by atoms with Crippen molar-refractivity contribution in [1.29, 1.82) is 0 Å². The quantitative estimate of drug-likeness (QED) is 0.573. The van der Waals surface area contributed by atoms with Gasteiger partial charge >= 0.3 is 12.0 Å². The predicted molar refractivity (Wildman–Crippen MR) is 74.6 cm³/mol. The van der Waals surface area contributed by atoms with Crippen molar-refractivity contribution in [3.63, 3.8) is 0 Å². The summed E-state index contributed by atoms with van der Waals surface area (Å²) < 4.78 is 10.1. The summed E-state index contributed by atoms with van der Waals surface area (Å²) in [7, 11) is 0. The highest BCUT2D eigenvalue weighted by Gasteiger charge is 2.08. The molecule has 0 bridgehead atoms. The van der Waals surface area contributed by atoms with E-state index in [2.05, 4.69) is 4.74 Å². The van der Waals surface area contributed by atoms with Gasteiger partial charge in [-0.2, -0.15) is 0 Å². The van der Waals surface area contributed by atoms with Crippen molar-refractivity contribution in [1.82, 2.24) is 5.32 Å². The first-order valence-corrected chi connectivity index (χ1v) is 6.42. The van der Waals surface area contributed by atoms with E-state index in [4.69, 9.17) is 10.5 Å². The van der Waals surface area contributed by atoms with Gasteiger partial charge in [-0.25, -0.2) is 4.79 Å². The molecule has 114 valence electrons. The first-order chi connectivity index (χ1) is 9.97. The molecule has 0 unspecified atom stereocenters. The Morgan fingerprint density at radius 1 is 1.29 bits per heavy atom. The number of urea groups is 1. The normalized spacial score (nSPS) is 9.76. The summed E-state index contributed by atoms with van der Waals surface area (Å²) in [6.07, 6.45) is 0.583. The van der Waals surface area contributed by atoms with E-state index in [0.29, 0.717) is 13.0 Å². The Morgan fingerprint density at radius 3 is 2.71 bits per heavy atom. The van der Waals surface area contributed by atoms with E-state index in [1.165, 1.54) is 0 Å². The van der Waals surface area contributed by atoms with Crippen LogP contribution in [0.15, 0.2) is 24.3 Å². The van der Waals surface area contributed by atoms with Crippen LogP contribution in [0.5, 0.6) is 5.75 Å². The maximum absolute atomic E-state index is 11.3. The third-order valence-electron chi connectivity index (χ3n) is 2.41. The topological polar surface area (TPSA) is 108 Å². The van der Waals surface area contributed by atoms with Crippen LogP contribution >= 0.6 is 0 Å². The average Bonchev–Trinajstić information content (AvgIpc) is 2.41. The Hall–Kier alpha value is -2.57. The van der Waals surface area contributed by atoms with Crippen molar-refractivity contribution in [2.75, 3.05) is 13.2 Å². The number of aryl methyl sites for hydroxylation is 1. The van der Waals surface area contributed by atoms with Crippen molar-refractivity contribution in [3.8, 4) is 5.75 Å². The summed E-state index contributed by atoms with van der Waals surface area (Å²) in [5.41, 5.74) is 5.83. The number of hydrogen-bond donors (Lipinski definition) is 2. The molecular formula is C14H18N2O5. The number of benzene rings is 1. The lowest BCUT2D eigenvalue weighted by Gasteiger charge is -2.07. The van der Waals surface area contributed by atoms with Gasteiger partial charge in [0.05, 0.1) is 6.61 Å². The van der Waals surface area contributed by atoms with Crippen LogP contribution in [0.4, 0.5) is 4.79 Å². The smallest absolute Gasteiger partial charge is 0.318 e. The Kier molecular flexibility index (Phi) is 6.73. The van der Waals surface area contributed by atoms with Crippen LogP contribution in [-0.4, -0.2) is 31.1 Å². The zero-order valence-corrected chi connectivity index (χ0v) is 11.8. The highest BCUT2D eigenvalue weighted by Crippen LogP contribution is 2.12. The molecule has 0 saturated carbocycles.